The molecule has 0 aliphatic rings. The predicted octanol–water partition coefficient (Wildman–Crippen LogP) is 6.42. The monoisotopic (exact) mass is 568 g/mol. The topological polar surface area (TPSA) is 104 Å². The van der Waals surface area contributed by atoms with Gasteiger partial charge in [0.2, 0.25) is 0 Å². The van der Waals surface area contributed by atoms with Gasteiger partial charge in [-0.05, 0) is 62.3 Å². The minimum Gasteiger partial charge on any atom is -0.458 e. The highest BCUT2D eigenvalue weighted by molar-refractivity contribution is 6.13. The summed E-state index contributed by atoms with van der Waals surface area (Å²) in [5.74, 6) is -0.557. The van der Waals surface area contributed by atoms with Gasteiger partial charge in [0.15, 0.2) is 6.04 Å². The highest BCUT2D eigenvalue weighted by Crippen LogP contribution is 2.17. The van der Waals surface area contributed by atoms with Crippen molar-refractivity contribution in [1.29, 1.82) is 0 Å². The molecular formula is C32H44N2O7. The minimum atomic E-state index is -1.01. The maximum Gasteiger partial charge on any atom is 0.419 e. The number of ether oxygens (including phenoxy) is 4. The Hall–Kier alpha value is -3.72. The van der Waals surface area contributed by atoms with Crippen LogP contribution in [0.4, 0.5) is 9.59 Å². The molecule has 0 aliphatic heterocycles. The van der Waals surface area contributed by atoms with Crippen LogP contribution in [-0.4, -0.2) is 71.4 Å². The van der Waals surface area contributed by atoms with Crippen molar-refractivity contribution in [2.24, 2.45) is 4.99 Å². The summed E-state index contributed by atoms with van der Waals surface area (Å²) in [6, 6.07) is 18.0. The van der Waals surface area contributed by atoms with Crippen molar-refractivity contribution in [3.63, 3.8) is 0 Å². The van der Waals surface area contributed by atoms with Gasteiger partial charge in [0.25, 0.3) is 0 Å². The molecule has 2 aromatic carbocycles. The van der Waals surface area contributed by atoms with Crippen molar-refractivity contribution in [2.75, 3.05) is 19.8 Å². The van der Waals surface area contributed by atoms with E-state index in [2.05, 4.69) is 0 Å². The zero-order chi connectivity index (χ0) is 30.8. The smallest absolute Gasteiger partial charge is 0.419 e. The Kier molecular flexibility index (Phi) is 11.6. The lowest BCUT2D eigenvalue weighted by atomic mass is 10.0. The molecule has 2 rings (SSSR count). The van der Waals surface area contributed by atoms with Gasteiger partial charge in [-0.3, -0.25) is 4.99 Å². The number of carbonyl (C=O) groups is 3. The quantitative estimate of drug-likeness (QED) is 0.149. The summed E-state index contributed by atoms with van der Waals surface area (Å²) in [5.41, 5.74) is -0.120. The van der Waals surface area contributed by atoms with Gasteiger partial charge in [-0.15, -0.1) is 0 Å². The van der Waals surface area contributed by atoms with E-state index in [4.69, 9.17) is 23.9 Å². The molecule has 1 atom stereocenters. The van der Waals surface area contributed by atoms with Crippen LogP contribution in [0.5, 0.6) is 0 Å². The number of hydrogen-bond acceptors (Lipinski definition) is 8. The van der Waals surface area contributed by atoms with Gasteiger partial charge >= 0.3 is 18.2 Å². The van der Waals surface area contributed by atoms with Gasteiger partial charge in [-0.1, -0.05) is 60.7 Å². The first-order valence-electron chi connectivity index (χ1n) is 13.7. The average Bonchev–Trinajstić information content (AvgIpc) is 2.83. The van der Waals surface area contributed by atoms with E-state index in [-0.39, 0.29) is 19.8 Å². The van der Waals surface area contributed by atoms with Crippen molar-refractivity contribution in [1.82, 2.24) is 4.90 Å². The third-order valence-corrected chi connectivity index (χ3v) is 5.02. The van der Waals surface area contributed by atoms with E-state index in [1.165, 1.54) is 0 Å². The van der Waals surface area contributed by atoms with E-state index >= 15 is 0 Å². The number of hydrogen-bond donors (Lipinski definition) is 0. The summed E-state index contributed by atoms with van der Waals surface area (Å²) in [6.07, 6.45) is -1.71. The molecule has 41 heavy (non-hydrogen) atoms. The number of amides is 2. The van der Waals surface area contributed by atoms with Gasteiger partial charge in [0, 0.05) is 11.1 Å². The molecule has 0 aromatic heterocycles. The number of imide groups is 1. The lowest BCUT2D eigenvalue weighted by molar-refractivity contribution is -0.157. The zero-order valence-electron chi connectivity index (χ0n) is 25.7. The van der Waals surface area contributed by atoms with Crippen LogP contribution in [-0.2, 0) is 23.7 Å². The van der Waals surface area contributed by atoms with Crippen LogP contribution in [0.25, 0.3) is 0 Å². The molecule has 224 valence electrons. The fourth-order valence-electron chi connectivity index (χ4n) is 3.43. The molecule has 0 aliphatic carbocycles. The van der Waals surface area contributed by atoms with Crippen molar-refractivity contribution < 1.29 is 33.3 Å². The Morgan fingerprint density at radius 2 is 1.10 bits per heavy atom. The first-order chi connectivity index (χ1) is 19.0. The van der Waals surface area contributed by atoms with Gasteiger partial charge < -0.3 is 18.9 Å². The van der Waals surface area contributed by atoms with Crippen molar-refractivity contribution in [3.05, 3.63) is 71.8 Å². The number of carbonyl (C=O) groups excluding carboxylic acids is 3. The van der Waals surface area contributed by atoms with Gasteiger partial charge in [0.1, 0.15) is 16.8 Å². The molecule has 1 unspecified atom stereocenters. The summed E-state index contributed by atoms with van der Waals surface area (Å²) in [7, 11) is 0. The second-order valence-electron chi connectivity index (χ2n) is 12.4. The molecule has 9 heteroatoms. The van der Waals surface area contributed by atoms with Crippen molar-refractivity contribution in [3.8, 4) is 0 Å². The number of rotatable bonds is 9. The summed E-state index contributed by atoms with van der Waals surface area (Å²) < 4.78 is 22.3. The zero-order valence-corrected chi connectivity index (χ0v) is 25.7. The van der Waals surface area contributed by atoms with Crippen LogP contribution in [0.15, 0.2) is 65.7 Å². The Balaban J connectivity index is 2.30. The molecule has 0 bridgehead atoms. The van der Waals surface area contributed by atoms with E-state index in [1.807, 2.05) is 60.7 Å². The molecule has 2 aromatic rings. The fourth-order valence-corrected chi connectivity index (χ4v) is 3.43. The Morgan fingerprint density at radius 3 is 1.49 bits per heavy atom. The third-order valence-electron chi connectivity index (χ3n) is 5.02. The molecule has 0 spiro atoms. The predicted molar refractivity (Wildman–Crippen MR) is 158 cm³/mol. The number of benzene rings is 2. The summed E-state index contributed by atoms with van der Waals surface area (Å²) in [4.78, 5) is 44.5. The van der Waals surface area contributed by atoms with Crippen LogP contribution in [0.1, 0.15) is 73.4 Å². The standard InChI is InChI=1S/C32H44N2O7/c1-30(2,3)39-27(35)25(33-26(23-16-12-10-13-17-23)24-18-14-11-15-19-24)22-38-21-20-34(28(36)40-31(4,5)6)29(37)41-32(7,8)9/h10-19,25H,20-22H2,1-9H3. The largest absolute Gasteiger partial charge is 0.458 e. The van der Waals surface area contributed by atoms with Crippen LogP contribution < -0.4 is 0 Å². The van der Waals surface area contributed by atoms with Crippen LogP contribution >= 0.6 is 0 Å². The highest BCUT2D eigenvalue weighted by Gasteiger charge is 2.31. The maximum absolute atomic E-state index is 13.2. The van der Waals surface area contributed by atoms with E-state index < -0.39 is 41.0 Å². The Morgan fingerprint density at radius 1 is 0.683 bits per heavy atom. The van der Waals surface area contributed by atoms with E-state index in [9.17, 15) is 14.4 Å². The lowest BCUT2D eigenvalue weighted by Crippen LogP contribution is -2.45. The first-order valence-corrected chi connectivity index (χ1v) is 13.7. The molecule has 0 fully saturated rings. The molecular weight excluding hydrogens is 524 g/mol. The molecule has 0 heterocycles. The van der Waals surface area contributed by atoms with Gasteiger partial charge in [-0.25, -0.2) is 19.3 Å². The summed E-state index contributed by atoms with van der Waals surface area (Å²) in [6.45, 7) is 15.2. The van der Waals surface area contributed by atoms with Crippen LogP contribution in [0, 0.1) is 0 Å². The SMILES string of the molecule is CC(C)(C)OC(=O)C(COCCN(C(=O)OC(C)(C)C)C(=O)OC(C)(C)C)N=C(c1ccccc1)c1ccccc1. The first kappa shape index (κ1) is 33.5. The summed E-state index contributed by atoms with van der Waals surface area (Å²) >= 11 is 0. The minimum absolute atomic E-state index is 0.0840. The second kappa shape index (κ2) is 14.3. The maximum atomic E-state index is 13.2. The average molecular weight is 569 g/mol. The third kappa shape index (κ3) is 12.6. The number of aliphatic imine (C=N–C) groups is 1. The fraction of sp³-hybridized carbons (Fsp3) is 0.500. The van der Waals surface area contributed by atoms with Gasteiger partial charge in [0.05, 0.1) is 25.5 Å². The van der Waals surface area contributed by atoms with Gasteiger partial charge in [-0.2, -0.15) is 0 Å². The molecule has 2 amide bonds. The highest BCUT2D eigenvalue weighted by atomic mass is 16.6. The normalized spacial score (nSPS) is 12.6. The Bertz CT molecular complexity index is 1110. The van der Waals surface area contributed by atoms with Crippen LogP contribution in [0.3, 0.4) is 0 Å². The van der Waals surface area contributed by atoms with Crippen molar-refractivity contribution >= 4 is 23.9 Å². The molecule has 9 nitrogen and oxygen atoms in total. The lowest BCUT2D eigenvalue weighted by Gasteiger charge is -2.28. The van der Waals surface area contributed by atoms with E-state index in [0.29, 0.717) is 5.71 Å². The molecule has 0 saturated heterocycles. The van der Waals surface area contributed by atoms with E-state index in [1.54, 1.807) is 62.3 Å². The Labute approximate surface area is 243 Å². The van der Waals surface area contributed by atoms with E-state index in [0.717, 1.165) is 16.0 Å². The summed E-state index contributed by atoms with van der Waals surface area (Å²) in [5, 5.41) is 0. The molecule has 0 N–H and O–H groups in total. The molecule has 0 saturated carbocycles. The van der Waals surface area contributed by atoms with Crippen molar-refractivity contribution in [2.45, 2.75) is 85.2 Å². The number of nitrogens with zero attached hydrogens (tertiary/aromatic N) is 2. The molecule has 0 radical (unpaired) electrons. The number of esters is 1. The second-order valence-corrected chi connectivity index (χ2v) is 12.4. The van der Waals surface area contributed by atoms with Crippen LogP contribution in [0.2, 0.25) is 0 Å².